The zero-order chi connectivity index (χ0) is 13.6. The average Bonchev–Trinajstić information content (AvgIpc) is 2.98. The van der Waals surface area contributed by atoms with E-state index in [-0.39, 0.29) is 0 Å². The van der Waals surface area contributed by atoms with E-state index < -0.39 is 0 Å². The summed E-state index contributed by atoms with van der Waals surface area (Å²) in [5.41, 5.74) is 2.31. The van der Waals surface area contributed by atoms with Crippen LogP contribution in [0.4, 0.5) is 0 Å². The van der Waals surface area contributed by atoms with Crippen LogP contribution in [0.5, 0.6) is 0 Å². The van der Waals surface area contributed by atoms with Crippen molar-refractivity contribution in [1.29, 1.82) is 0 Å². The van der Waals surface area contributed by atoms with E-state index in [2.05, 4.69) is 44.9 Å². The first-order valence-electron chi connectivity index (χ1n) is 6.90. The summed E-state index contributed by atoms with van der Waals surface area (Å²) in [6.45, 7) is 0.959. The number of imidazole rings is 1. The first-order valence-corrected chi connectivity index (χ1v) is 6.90. The Balaban J connectivity index is 1.66. The normalized spacial score (nSPS) is 10.6. The van der Waals surface area contributed by atoms with Crippen molar-refractivity contribution < 1.29 is 0 Å². The van der Waals surface area contributed by atoms with Crippen molar-refractivity contribution in [1.82, 2.24) is 14.5 Å². The van der Waals surface area contributed by atoms with Gasteiger partial charge in [0.2, 0.25) is 0 Å². The van der Waals surface area contributed by atoms with Gasteiger partial charge in [-0.1, -0.05) is 36.4 Å². The number of aryl methyl sites for hydroxylation is 2. The molecule has 0 saturated heterocycles. The van der Waals surface area contributed by atoms with Crippen LogP contribution in [0.2, 0.25) is 0 Å². The SMILES string of the molecule is c1ccc(CCCn2ccnc2-c2ccccn2)cc1. The minimum absolute atomic E-state index is 0.928. The lowest BCUT2D eigenvalue weighted by Crippen LogP contribution is -2.01. The number of aromatic nitrogens is 3. The van der Waals surface area contributed by atoms with Gasteiger partial charge in [0.05, 0.1) is 0 Å². The molecule has 2 aromatic heterocycles. The number of hydrogen-bond donors (Lipinski definition) is 0. The van der Waals surface area contributed by atoms with Crippen LogP contribution in [0.1, 0.15) is 12.0 Å². The maximum Gasteiger partial charge on any atom is 0.158 e. The Morgan fingerprint density at radius 3 is 2.50 bits per heavy atom. The van der Waals surface area contributed by atoms with Crippen molar-refractivity contribution in [2.24, 2.45) is 0 Å². The summed E-state index contributed by atoms with van der Waals surface area (Å²) < 4.78 is 2.17. The van der Waals surface area contributed by atoms with E-state index in [4.69, 9.17) is 0 Å². The number of rotatable bonds is 5. The second kappa shape index (κ2) is 6.15. The minimum atomic E-state index is 0.928. The van der Waals surface area contributed by atoms with E-state index in [0.29, 0.717) is 0 Å². The van der Waals surface area contributed by atoms with Crippen LogP contribution in [-0.4, -0.2) is 14.5 Å². The molecule has 0 radical (unpaired) electrons. The van der Waals surface area contributed by atoms with Crippen LogP contribution in [0, 0.1) is 0 Å². The average molecular weight is 263 g/mol. The second-order valence-corrected chi connectivity index (χ2v) is 4.75. The highest BCUT2D eigenvalue weighted by Crippen LogP contribution is 2.15. The fraction of sp³-hybridized carbons (Fsp3) is 0.176. The van der Waals surface area contributed by atoms with Gasteiger partial charge in [-0.3, -0.25) is 4.98 Å². The zero-order valence-electron chi connectivity index (χ0n) is 11.3. The molecule has 3 rings (SSSR count). The molecule has 0 N–H and O–H groups in total. The van der Waals surface area contributed by atoms with E-state index >= 15 is 0 Å². The predicted molar refractivity (Wildman–Crippen MR) is 80.2 cm³/mol. The molecule has 0 atom stereocenters. The lowest BCUT2D eigenvalue weighted by molar-refractivity contribution is 0.646. The quantitative estimate of drug-likeness (QED) is 0.704. The molecule has 0 saturated carbocycles. The van der Waals surface area contributed by atoms with Crippen LogP contribution >= 0.6 is 0 Å². The Morgan fingerprint density at radius 2 is 1.70 bits per heavy atom. The van der Waals surface area contributed by atoms with Gasteiger partial charge >= 0.3 is 0 Å². The highest BCUT2D eigenvalue weighted by Gasteiger charge is 2.06. The van der Waals surface area contributed by atoms with Crippen LogP contribution in [0.25, 0.3) is 11.5 Å². The highest BCUT2D eigenvalue weighted by molar-refractivity contribution is 5.48. The predicted octanol–water partition coefficient (Wildman–Crippen LogP) is 3.58. The summed E-state index contributed by atoms with van der Waals surface area (Å²) in [6, 6.07) is 16.5. The fourth-order valence-corrected chi connectivity index (χ4v) is 2.32. The van der Waals surface area contributed by atoms with Crippen LogP contribution in [0.3, 0.4) is 0 Å². The minimum Gasteiger partial charge on any atom is -0.330 e. The molecule has 3 heteroatoms. The second-order valence-electron chi connectivity index (χ2n) is 4.75. The lowest BCUT2D eigenvalue weighted by atomic mass is 10.1. The Bertz CT molecular complexity index is 644. The number of nitrogens with zero attached hydrogens (tertiary/aromatic N) is 3. The molecule has 0 bridgehead atoms. The standard InChI is InChI=1S/C17H17N3/c1-2-7-15(8-3-1)9-6-13-20-14-12-19-17(20)16-10-4-5-11-18-16/h1-5,7-8,10-12,14H,6,9,13H2. The van der Waals surface area contributed by atoms with Gasteiger partial charge in [0.1, 0.15) is 5.69 Å². The molecule has 2 heterocycles. The van der Waals surface area contributed by atoms with E-state index in [9.17, 15) is 0 Å². The topological polar surface area (TPSA) is 30.7 Å². The summed E-state index contributed by atoms with van der Waals surface area (Å²) in [4.78, 5) is 8.78. The molecule has 20 heavy (non-hydrogen) atoms. The first kappa shape index (κ1) is 12.6. The maximum absolute atomic E-state index is 4.41. The van der Waals surface area contributed by atoms with Gasteiger partial charge < -0.3 is 4.57 Å². The Hall–Kier alpha value is -2.42. The van der Waals surface area contributed by atoms with Crippen LogP contribution < -0.4 is 0 Å². The zero-order valence-corrected chi connectivity index (χ0v) is 11.3. The molecule has 0 amide bonds. The molecule has 3 aromatic rings. The third kappa shape index (κ3) is 2.94. The molecule has 1 aromatic carbocycles. The third-order valence-electron chi connectivity index (χ3n) is 3.32. The Kier molecular flexibility index (Phi) is 3.88. The number of pyridine rings is 1. The number of benzene rings is 1. The van der Waals surface area contributed by atoms with Gasteiger partial charge in [0.15, 0.2) is 5.82 Å². The van der Waals surface area contributed by atoms with Crippen LogP contribution in [0.15, 0.2) is 67.1 Å². The van der Waals surface area contributed by atoms with Gasteiger partial charge in [0, 0.05) is 25.1 Å². The van der Waals surface area contributed by atoms with Crippen molar-refractivity contribution in [3.8, 4) is 11.5 Å². The fourth-order valence-electron chi connectivity index (χ4n) is 2.32. The largest absolute Gasteiger partial charge is 0.330 e. The van der Waals surface area contributed by atoms with Crippen molar-refractivity contribution >= 4 is 0 Å². The molecule has 100 valence electrons. The summed E-state index contributed by atoms with van der Waals surface area (Å²) in [6.07, 6.45) is 7.85. The summed E-state index contributed by atoms with van der Waals surface area (Å²) in [7, 11) is 0. The van der Waals surface area contributed by atoms with E-state index in [1.54, 1.807) is 6.20 Å². The number of hydrogen-bond acceptors (Lipinski definition) is 2. The Labute approximate surface area is 118 Å². The van der Waals surface area contributed by atoms with Crippen molar-refractivity contribution in [2.45, 2.75) is 19.4 Å². The molecule has 0 aliphatic heterocycles. The molecule has 0 fully saturated rings. The molecular weight excluding hydrogens is 246 g/mol. The van der Waals surface area contributed by atoms with Gasteiger partial charge in [0.25, 0.3) is 0 Å². The van der Waals surface area contributed by atoms with Crippen molar-refractivity contribution in [3.05, 3.63) is 72.7 Å². The van der Waals surface area contributed by atoms with E-state index in [0.717, 1.165) is 30.9 Å². The molecule has 0 spiro atoms. The lowest BCUT2D eigenvalue weighted by Gasteiger charge is -2.07. The van der Waals surface area contributed by atoms with Crippen molar-refractivity contribution in [3.63, 3.8) is 0 Å². The highest BCUT2D eigenvalue weighted by atomic mass is 15.1. The third-order valence-corrected chi connectivity index (χ3v) is 3.32. The summed E-state index contributed by atoms with van der Waals surface area (Å²) in [5, 5.41) is 0. The summed E-state index contributed by atoms with van der Waals surface area (Å²) in [5.74, 6) is 0.943. The van der Waals surface area contributed by atoms with Gasteiger partial charge in [-0.2, -0.15) is 0 Å². The molecular formula is C17H17N3. The molecule has 0 unspecified atom stereocenters. The van der Waals surface area contributed by atoms with Crippen LogP contribution in [-0.2, 0) is 13.0 Å². The van der Waals surface area contributed by atoms with E-state index in [1.807, 2.05) is 30.6 Å². The van der Waals surface area contributed by atoms with E-state index in [1.165, 1.54) is 5.56 Å². The molecule has 0 aliphatic carbocycles. The Morgan fingerprint density at radius 1 is 0.850 bits per heavy atom. The van der Waals surface area contributed by atoms with Gasteiger partial charge in [-0.15, -0.1) is 0 Å². The molecule has 3 nitrogen and oxygen atoms in total. The van der Waals surface area contributed by atoms with Gasteiger partial charge in [-0.25, -0.2) is 4.98 Å². The molecule has 0 aliphatic rings. The first-order chi connectivity index (χ1) is 9.93. The van der Waals surface area contributed by atoms with Gasteiger partial charge in [-0.05, 0) is 30.5 Å². The smallest absolute Gasteiger partial charge is 0.158 e. The monoisotopic (exact) mass is 263 g/mol. The van der Waals surface area contributed by atoms with Crippen molar-refractivity contribution in [2.75, 3.05) is 0 Å². The summed E-state index contributed by atoms with van der Waals surface area (Å²) >= 11 is 0. The maximum atomic E-state index is 4.41.